The maximum absolute atomic E-state index is 12.6. The van der Waals surface area contributed by atoms with Crippen molar-refractivity contribution in [1.29, 1.82) is 0 Å². The molecule has 0 bridgehead atoms. The molecular formula is C17H24N4O2S2. The molecule has 25 heavy (non-hydrogen) atoms. The second kappa shape index (κ2) is 9.17. The van der Waals surface area contributed by atoms with Gasteiger partial charge in [-0.3, -0.25) is 4.79 Å². The number of ether oxygens (including phenoxy) is 1. The summed E-state index contributed by atoms with van der Waals surface area (Å²) in [6.45, 7) is 11.0. The van der Waals surface area contributed by atoms with E-state index < -0.39 is 0 Å². The Morgan fingerprint density at radius 1 is 1.52 bits per heavy atom. The summed E-state index contributed by atoms with van der Waals surface area (Å²) in [5, 5.41) is 12.0. The zero-order valence-corrected chi connectivity index (χ0v) is 16.7. The minimum absolute atomic E-state index is 0.102. The van der Waals surface area contributed by atoms with E-state index >= 15 is 0 Å². The number of hydrogen-bond acceptors (Lipinski definition) is 7. The van der Waals surface area contributed by atoms with Gasteiger partial charge in [0, 0.05) is 30.6 Å². The number of Topliss-reactive ketones (excluding diaryl/α,β-unsaturated/α-hetero) is 1. The van der Waals surface area contributed by atoms with Gasteiger partial charge in [0.25, 0.3) is 0 Å². The number of carbonyl (C=O) groups is 1. The fourth-order valence-corrected chi connectivity index (χ4v) is 4.40. The maximum Gasteiger partial charge on any atom is 0.206 e. The van der Waals surface area contributed by atoms with Gasteiger partial charge >= 0.3 is 0 Å². The molecule has 0 spiro atoms. The van der Waals surface area contributed by atoms with Crippen LogP contribution < -0.4 is 5.32 Å². The van der Waals surface area contributed by atoms with E-state index in [1.807, 2.05) is 19.9 Å². The molecule has 0 amide bonds. The largest absolute Gasteiger partial charge is 0.383 e. The Hall–Kier alpha value is -1.64. The molecule has 136 valence electrons. The third-order valence-electron chi connectivity index (χ3n) is 3.76. The third-order valence-corrected chi connectivity index (χ3v) is 5.78. The second-order valence-electron chi connectivity index (χ2n) is 5.71. The minimum atomic E-state index is 0.102. The van der Waals surface area contributed by atoms with Gasteiger partial charge in [0.05, 0.1) is 18.4 Å². The summed E-state index contributed by atoms with van der Waals surface area (Å²) in [5.74, 6) is 0.448. The highest BCUT2D eigenvalue weighted by atomic mass is 32.2. The number of nitrogens with zero attached hydrogens (tertiary/aromatic N) is 3. The average molecular weight is 381 g/mol. The second-order valence-corrected chi connectivity index (χ2v) is 7.91. The van der Waals surface area contributed by atoms with E-state index in [0.29, 0.717) is 18.9 Å². The highest BCUT2D eigenvalue weighted by Gasteiger charge is 2.19. The third kappa shape index (κ3) is 4.93. The van der Waals surface area contributed by atoms with Crippen LogP contribution in [-0.2, 0) is 4.74 Å². The summed E-state index contributed by atoms with van der Waals surface area (Å²) in [7, 11) is 1.69. The molecule has 1 N–H and O–H groups in total. The first-order valence-electron chi connectivity index (χ1n) is 7.99. The molecule has 6 nitrogen and oxygen atoms in total. The van der Waals surface area contributed by atoms with Gasteiger partial charge in [-0.2, -0.15) is 0 Å². The van der Waals surface area contributed by atoms with Gasteiger partial charge in [-0.25, -0.2) is 0 Å². The number of rotatable bonds is 10. The van der Waals surface area contributed by atoms with Crippen LogP contribution in [0.5, 0.6) is 0 Å². The van der Waals surface area contributed by atoms with Crippen molar-refractivity contribution in [3.63, 3.8) is 0 Å². The van der Waals surface area contributed by atoms with Crippen molar-refractivity contribution in [2.24, 2.45) is 0 Å². The van der Waals surface area contributed by atoms with Crippen LogP contribution in [0.25, 0.3) is 0 Å². The normalized spacial score (nSPS) is 12.2. The Balaban J connectivity index is 2.02. The number of thioether (sulfide) groups is 1. The van der Waals surface area contributed by atoms with Gasteiger partial charge in [-0.05, 0) is 26.8 Å². The lowest BCUT2D eigenvalue weighted by Gasteiger charge is -2.17. The van der Waals surface area contributed by atoms with Crippen molar-refractivity contribution >= 4 is 34.0 Å². The summed E-state index contributed by atoms with van der Waals surface area (Å²) in [4.78, 5) is 12.6. The van der Waals surface area contributed by atoms with Crippen LogP contribution >= 0.6 is 23.1 Å². The zero-order chi connectivity index (χ0) is 18.4. The Labute approximate surface area is 156 Å². The number of aryl methyl sites for hydroxylation is 1. The smallest absolute Gasteiger partial charge is 0.206 e. The predicted octanol–water partition coefficient (Wildman–Crippen LogP) is 3.74. The molecule has 0 aliphatic rings. The van der Waals surface area contributed by atoms with Crippen molar-refractivity contribution in [2.45, 2.75) is 31.2 Å². The Kier molecular flexibility index (Phi) is 7.22. The number of ketones is 1. The molecule has 2 aromatic heterocycles. The molecule has 0 aliphatic heterocycles. The first-order chi connectivity index (χ1) is 12.0. The number of anilines is 1. The number of nitrogens with one attached hydrogen (secondary N) is 1. The van der Waals surface area contributed by atoms with Crippen LogP contribution in [0.1, 0.15) is 34.7 Å². The predicted molar refractivity (Wildman–Crippen MR) is 104 cm³/mol. The van der Waals surface area contributed by atoms with Crippen molar-refractivity contribution in [2.75, 3.05) is 31.3 Å². The molecule has 2 aromatic rings. The Morgan fingerprint density at radius 2 is 2.28 bits per heavy atom. The lowest BCUT2D eigenvalue weighted by atomic mass is 10.2. The highest BCUT2D eigenvalue weighted by molar-refractivity contribution is 8.01. The van der Waals surface area contributed by atoms with Gasteiger partial charge in [0.15, 0.2) is 10.1 Å². The van der Waals surface area contributed by atoms with Gasteiger partial charge in [0.2, 0.25) is 5.13 Å². The first-order valence-corrected chi connectivity index (χ1v) is 9.79. The fraction of sp³-hybridized carbons (Fsp3) is 0.471. The van der Waals surface area contributed by atoms with E-state index in [0.717, 1.165) is 26.4 Å². The summed E-state index contributed by atoms with van der Waals surface area (Å²) in [6.07, 6.45) is 1.76. The van der Waals surface area contributed by atoms with E-state index in [-0.39, 0.29) is 11.8 Å². The van der Waals surface area contributed by atoms with Crippen LogP contribution in [0.2, 0.25) is 0 Å². The SMILES string of the molecule is C=CCNc1nnc(SCC(=O)c2cc(C)n([C@H](C)COC)c2C)s1. The number of aromatic nitrogens is 3. The molecule has 0 aromatic carbocycles. The number of carbonyl (C=O) groups excluding carboxylic acids is 1. The monoisotopic (exact) mass is 380 g/mol. The maximum atomic E-state index is 12.6. The Morgan fingerprint density at radius 3 is 2.96 bits per heavy atom. The standard InChI is InChI=1S/C17H24N4O2S2/c1-6-7-18-16-19-20-17(25-16)24-10-15(22)14-8-11(2)21(13(14)4)12(3)9-23-5/h6,8,12H,1,7,9-10H2,2-5H3,(H,18,19)/t12-/m1/s1. The van der Waals surface area contributed by atoms with Crippen molar-refractivity contribution in [3.8, 4) is 0 Å². The summed E-state index contributed by atoms with van der Waals surface area (Å²) < 4.78 is 8.17. The van der Waals surface area contributed by atoms with Crippen LogP contribution in [0.3, 0.4) is 0 Å². The van der Waals surface area contributed by atoms with Crippen molar-refractivity contribution < 1.29 is 9.53 Å². The zero-order valence-electron chi connectivity index (χ0n) is 15.0. The molecule has 0 unspecified atom stereocenters. The van der Waals surface area contributed by atoms with Gasteiger partial charge < -0.3 is 14.6 Å². The van der Waals surface area contributed by atoms with Crippen molar-refractivity contribution in [1.82, 2.24) is 14.8 Å². The molecule has 2 rings (SSSR count). The number of hydrogen-bond donors (Lipinski definition) is 1. The summed E-state index contributed by atoms with van der Waals surface area (Å²) in [6, 6.07) is 2.16. The molecule has 2 heterocycles. The van der Waals surface area contributed by atoms with Crippen molar-refractivity contribution in [3.05, 3.63) is 35.7 Å². The summed E-state index contributed by atoms with van der Waals surface area (Å²) >= 11 is 2.86. The Bertz CT molecular complexity index is 739. The fourth-order valence-electron chi connectivity index (χ4n) is 2.76. The lowest BCUT2D eigenvalue weighted by Crippen LogP contribution is -2.14. The van der Waals surface area contributed by atoms with Gasteiger partial charge in [-0.15, -0.1) is 16.8 Å². The number of methoxy groups -OCH3 is 1. The lowest BCUT2D eigenvalue weighted by molar-refractivity contribution is 0.102. The molecule has 8 heteroatoms. The van der Waals surface area contributed by atoms with E-state index in [2.05, 4.69) is 33.6 Å². The molecule has 0 fully saturated rings. The molecule has 1 atom stereocenters. The molecule has 0 saturated carbocycles. The van der Waals surface area contributed by atoms with E-state index in [1.165, 1.54) is 23.1 Å². The van der Waals surface area contributed by atoms with E-state index in [1.54, 1.807) is 13.2 Å². The van der Waals surface area contributed by atoms with Gasteiger partial charge in [0.1, 0.15) is 0 Å². The van der Waals surface area contributed by atoms with E-state index in [9.17, 15) is 4.79 Å². The van der Waals surface area contributed by atoms with Gasteiger partial charge in [-0.1, -0.05) is 29.2 Å². The first kappa shape index (κ1) is 19.7. The van der Waals surface area contributed by atoms with Crippen LogP contribution in [-0.4, -0.2) is 46.6 Å². The quantitative estimate of drug-likeness (QED) is 0.385. The molecule has 0 saturated heterocycles. The van der Waals surface area contributed by atoms with Crippen LogP contribution in [0.4, 0.5) is 5.13 Å². The highest BCUT2D eigenvalue weighted by Crippen LogP contribution is 2.27. The topological polar surface area (TPSA) is 69.0 Å². The van der Waals surface area contributed by atoms with E-state index in [4.69, 9.17) is 4.74 Å². The van der Waals surface area contributed by atoms with Crippen LogP contribution in [0.15, 0.2) is 23.1 Å². The van der Waals surface area contributed by atoms with Crippen LogP contribution in [0, 0.1) is 13.8 Å². The molecule has 0 aliphatic carbocycles. The average Bonchev–Trinajstić information content (AvgIpc) is 3.15. The molecule has 0 radical (unpaired) electrons. The summed E-state index contributed by atoms with van der Waals surface area (Å²) in [5.41, 5.74) is 2.82. The minimum Gasteiger partial charge on any atom is -0.383 e. The molecular weight excluding hydrogens is 356 g/mol.